The maximum Gasteiger partial charge on any atom is 0.191 e. The van der Waals surface area contributed by atoms with Gasteiger partial charge >= 0.3 is 0 Å². The van der Waals surface area contributed by atoms with Gasteiger partial charge in [0.1, 0.15) is 11.8 Å². The summed E-state index contributed by atoms with van der Waals surface area (Å²) < 4.78 is 5.33. The van der Waals surface area contributed by atoms with Crippen molar-refractivity contribution in [3.05, 3.63) is 107 Å². The molecule has 0 amide bonds. The molecule has 4 rings (SSSR count). The molecule has 0 aliphatic carbocycles. The van der Waals surface area contributed by atoms with E-state index in [1.807, 2.05) is 95.7 Å². The van der Waals surface area contributed by atoms with Crippen molar-refractivity contribution < 1.29 is 9.53 Å². The summed E-state index contributed by atoms with van der Waals surface area (Å²) in [5.41, 5.74) is 4.50. The van der Waals surface area contributed by atoms with Crippen LogP contribution in [0, 0.1) is 0 Å². The first-order chi connectivity index (χ1) is 14.3. The number of nitrogens with one attached hydrogen (secondary N) is 1. The minimum Gasteiger partial charge on any atom is -0.497 e. The average Bonchev–Trinajstić information content (AvgIpc) is 3.28. The van der Waals surface area contributed by atoms with Crippen LogP contribution in [0.15, 0.2) is 95.7 Å². The van der Waals surface area contributed by atoms with Crippen molar-refractivity contribution >= 4 is 22.8 Å². The van der Waals surface area contributed by atoms with E-state index in [9.17, 15) is 4.79 Å². The number of thiophene rings is 1. The fourth-order valence-corrected chi connectivity index (χ4v) is 4.16. The molecule has 0 aliphatic heterocycles. The molecule has 0 spiro atoms. The predicted molar refractivity (Wildman–Crippen MR) is 120 cm³/mol. The van der Waals surface area contributed by atoms with Crippen LogP contribution < -0.4 is 10.1 Å². The minimum atomic E-state index is -0.500. The van der Waals surface area contributed by atoms with E-state index < -0.39 is 6.04 Å². The van der Waals surface area contributed by atoms with Crippen LogP contribution in [0.4, 0.5) is 5.69 Å². The number of carbonyl (C=O) groups is 1. The molecule has 0 saturated carbocycles. The quantitative estimate of drug-likeness (QED) is 0.362. The highest BCUT2D eigenvalue weighted by molar-refractivity contribution is 7.08. The molecule has 0 bridgehead atoms. The number of hydrogen-bond donors (Lipinski definition) is 1. The van der Waals surface area contributed by atoms with Crippen molar-refractivity contribution in [2.75, 3.05) is 12.4 Å². The van der Waals surface area contributed by atoms with Gasteiger partial charge in [0.15, 0.2) is 5.78 Å². The summed E-state index contributed by atoms with van der Waals surface area (Å²) in [6, 6.07) is 27.0. The zero-order valence-electron chi connectivity index (χ0n) is 16.0. The Labute approximate surface area is 174 Å². The highest BCUT2D eigenvalue weighted by atomic mass is 32.1. The van der Waals surface area contributed by atoms with Crippen molar-refractivity contribution in [2.24, 2.45) is 0 Å². The summed E-state index contributed by atoms with van der Waals surface area (Å²) in [7, 11) is 1.64. The lowest BCUT2D eigenvalue weighted by Gasteiger charge is -2.20. The molecule has 3 aromatic carbocycles. The Kier molecular flexibility index (Phi) is 5.73. The van der Waals surface area contributed by atoms with E-state index in [4.69, 9.17) is 4.74 Å². The van der Waals surface area contributed by atoms with Crippen LogP contribution in [-0.2, 0) is 0 Å². The van der Waals surface area contributed by atoms with Crippen LogP contribution in [-0.4, -0.2) is 12.9 Å². The zero-order chi connectivity index (χ0) is 20.1. The molecule has 1 aromatic heterocycles. The topological polar surface area (TPSA) is 38.3 Å². The van der Waals surface area contributed by atoms with Crippen LogP contribution in [0.5, 0.6) is 5.75 Å². The summed E-state index contributed by atoms with van der Waals surface area (Å²) >= 11 is 1.55. The Hall–Kier alpha value is -3.37. The first kappa shape index (κ1) is 19.0. The molecule has 0 saturated heterocycles. The number of hydrogen-bond acceptors (Lipinski definition) is 4. The smallest absolute Gasteiger partial charge is 0.191 e. The highest BCUT2D eigenvalue weighted by Crippen LogP contribution is 2.33. The van der Waals surface area contributed by atoms with Crippen molar-refractivity contribution in [2.45, 2.75) is 6.04 Å². The van der Waals surface area contributed by atoms with Gasteiger partial charge in [0.2, 0.25) is 0 Å². The van der Waals surface area contributed by atoms with Gasteiger partial charge in [-0.1, -0.05) is 66.7 Å². The standard InChI is InChI=1S/C25H21NO2S/c1-28-21-14-8-13-20(15-21)26-24(19-11-6-3-7-12-19)25(27)23-17-29-16-22(23)18-9-4-2-5-10-18/h2-17,24,26H,1H3. The van der Waals surface area contributed by atoms with Crippen LogP contribution >= 0.6 is 11.3 Å². The lowest BCUT2D eigenvalue weighted by molar-refractivity contribution is 0.0970. The number of Topliss-reactive ketones (excluding diaryl/α,β-unsaturated/α-hetero) is 1. The third kappa shape index (κ3) is 4.23. The third-order valence-electron chi connectivity index (χ3n) is 4.79. The van der Waals surface area contributed by atoms with Crippen LogP contribution in [0.1, 0.15) is 22.0 Å². The number of anilines is 1. The Morgan fingerprint density at radius 3 is 2.34 bits per heavy atom. The van der Waals surface area contributed by atoms with E-state index in [2.05, 4.69) is 5.32 Å². The Bertz CT molecular complexity index is 1090. The van der Waals surface area contributed by atoms with E-state index in [1.54, 1.807) is 18.4 Å². The van der Waals surface area contributed by atoms with Crippen molar-refractivity contribution in [3.63, 3.8) is 0 Å². The van der Waals surface area contributed by atoms with Crippen LogP contribution in [0.2, 0.25) is 0 Å². The Balaban J connectivity index is 1.72. The molecule has 1 heterocycles. The van der Waals surface area contributed by atoms with Crippen molar-refractivity contribution in [1.29, 1.82) is 0 Å². The number of rotatable bonds is 7. The molecule has 29 heavy (non-hydrogen) atoms. The summed E-state index contributed by atoms with van der Waals surface area (Å²) in [4.78, 5) is 13.7. The Morgan fingerprint density at radius 1 is 0.897 bits per heavy atom. The SMILES string of the molecule is COc1cccc(NC(C(=O)c2cscc2-c2ccccc2)c2ccccc2)c1. The van der Waals surface area contributed by atoms with Gasteiger partial charge < -0.3 is 10.1 Å². The normalized spacial score (nSPS) is 11.6. The number of benzene rings is 3. The van der Waals surface area contributed by atoms with E-state index in [0.717, 1.165) is 33.7 Å². The summed E-state index contributed by atoms with van der Waals surface area (Å²) in [5.74, 6) is 0.786. The van der Waals surface area contributed by atoms with Gasteiger partial charge in [0.05, 0.1) is 7.11 Å². The second kappa shape index (κ2) is 8.76. The van der Waals surface area contributed by atoms with Crippen molar-refractivity contribution in [3.8, 4) is 16.9 Å². The van der Waals surface area contributed by atoms with E-state index in [-0.39, 0.29) is 5.78 Å². The Morgan fingerprint density at radius 2 is 1.62 bits per heavy atom. The lowest BCUT2D eigenvalue weighted by atomic mass is 9.94. The first-order valence-corrected chi connectivity index (χ1v) is 10.3. The largest absolute Gasteiger partial charge is 0.497 e. The maximum absolute atomic E-state index is 13.7. The molecule has 3 nitrogen and oxygen atoms in total. The molecule has 1 atom stereocenters. The summed E-state index contributed by atoms with van der Waals surface area (Å²) in [6.07, 6.45) is 0. The molecule has 4 heteroatoms. The monoisotopic (exact) mass is 399 g/mol. The summed E-state index contributed by atoms with van der Waals surface area (Å²) in [6.45, 7) is 0. The number of methoxy groups -OCH3 is 1. The second-order valence-corrected chi connectivity index (χ2v) is 7.39. The number of carbonyl (C=O) groups excluding carboxylic acids is 1. The first-order valence-electron chi connectivity index (χ1n) is 9.37. The van der Waals surface area contributed by atoms with Gasteiger partial charge in [-0.15, -0.1) is 0 Å². The number of ketones is 1. The fraction of sp³-hybridized carbons (Fsp3) is 0.0800. The van der Waals surface area contributed by atoms with Gasteiger partial charge in [0, 0.05) is 28.3 Å². The molecule has 0 radical (unpaired) electrons. The third-order valence-corrected chi connectivity index (χ3v) is 5.53. The van der Waals surface area contributed by atoms with E-state index >= 15 is 0 Å². The van der Waals surface area contributed by atoms with Crippen molar-refractivity contribution in [1.82, 2.24) is 0 Å². The van der Waals surface area contributed by atoms with Gasteiger partial charge in [-0.05, 0) is 28.6 Å². The predicted octanol–water partition coefficient (Wildman–Crippen LogP) is 6.46. The van der Waals surface area contributed by atoms with E-state index in [0.29, 0.717) is 0 Å². The maximum atomic E-state index is 13.7. The molecule has 0 aliphatic rings. The fourth-order valence-electron chi connectivity index (χ4n) is 3.31. The van der Waals surface area contributed by atoms with E-state index in [1.165, 1.54) is 0 Å². The summed E-state index contributed by atoms with van der Waals surface area (Å²) in [5, 5.41) is 7.39. The molecule has 4 aromatic rings. The molecule has 1 unspecified atom stereocenters. The van der Waals surface area contributed by atoms with Crippen LogP contribution in [0.3, 0.4) is 0 Å². The molecular weight excluding hydrogens is 378 g/mol. The molecule has 1 N–H and O–H groups in total. The average molecular weight is 400 g/mol. The van der Waals surface area contributed by atoms with Gasteiger partial charge in [0.25, 0.3) is 0 Å². The molecule has 144 valence electrons. The molecule has 0 fully saturated rings. The van der Waals surface area contributed by atoms with Gasteiger partial charge in [-0.2, -0.15) is 11.3 Å². The zero-order valence-corrected chi connectivity index (χ0v) is 16.9. The number of ether oxygens (including phenoxy) is 1. The highest BCUT2D eigenvalue weighted by Gasteiger charge is 2.25. The van der Waals surface area contributed by atoms with Crippen LogP contribution in [0.25, 0.3) is 11.1 Å². The van der Waals surface area contributed by atoms with Gasteiger partial charge in [-0.25, -0.2) is 0 Å². The second-order valence-electron chi connectivity index (χ2n) is 6.65. The lowest BCUT2D eigenvalue weighted by Crippen LogP contribution is -2.21. The van der Waals surface area contributed by atoms with Gasteiger partial charge in [-0.3, -0.25) is 4.79 Å². The molecular formula is C25H21NO2S. The minimum absolute atomic E-state index is 0.0409.